The fraction of sp³-hybridized carbons (Fsp3) is 0.941. The van der Waals surface area contributed by atoms with Crippen molar-refractivity contribution in [2.45, 2.75) is 59.4 Å². The van der Waals surface area contributed by atoms with Crippen LogP contribution in [0.1, 0.15) is 53.4 Å². The summed E-state index contributed by atoms with van der Waals surface area (Å²) in [6.45, 7) is 11.5. The van der Waals surface area contributed by atoms with E-state index in [1.165, 1.54) is 25.7 Å². The van der Waals surface area contributed by atoms with Crippen molar-refractivity contribution < 1.29 is 4.79 Å². The number of carbonyl (C=O) groups excluding carboxylic acids is 1. The summed E-state index contributed by atoms with van der Waals surface area (Å²) >= 11 is 0. The molecule has 1 aliphatic carbocycles. The molecular weight excluding hydrogens is 248 g/mol. The first-order valence-corrected chi connectivity index (χ1v) is 8.47. The van der Waals surface area contributed by atoms with E-state index in [4.69, 9.17) is 0 Å². The third-order valence-electron chi connectivity index (χ3n) is 4.52. The van der Waals surface area contributed by atoms with Gasteiger partial charge in [0.15, 0.2) is 0 Å². The third kappa shape index (κ3) is 4.76. The SMILES string of the molecule is CC(C)CNC1CC(CC2CC2)CN(C(=O)C(C)C)C1. The molecule has 1 N–H and O–H groups in total. The lowest BCUT2D eigenvalue weighted by atomic mass is 9.89. The molecule has 1 heterocycles. The summed E-state index contributed by atoms with van der Waals surface area (Å²) in [6.07, 6.45) is 5.42. The molecule has 0 aromatic carbocycles. The van der Waals surface area contributed by atoms with Gasteiger partial charge in [0.2, 0.25) is 5.91 Å². The molecule has 1 saturated carbocycles. The number of hydrogen-bond donors (Lipinski definition) is 1. The second-order valence-corrected chi connectivity index (χ2v) is 7.68. The number of carbonyl (C=O) groups is 1. The molecule has 2 fully saturated rings. The fourth-order valence-corrected chi connectivity index (χ4v) is 3.29. The maximum atomic E-state index is 12.3. The molecule has 0 aromatic rings. The van der Waals surface area contributed by atoms with Gasteiger partial charge in [0.25, 0.3) is 0 Å². The van der Waals surface area contributed by atoms with E-state index in [2.05, 4.69) is 24.1 Å². The van der Waals surface area contributed by atoms with Gasteiger partial charge in [0.1, 0.15) is 0 Å². The summed E-state index contributed by atoms with van der Waals surface area (Å²) in [5, 5.41) is 3.67. The Labute approximate surface area is 124 Å². The minimum atomic E-state index is 0.125. The van der Waals surface area contributed by atoms with E-state index in [1.807, 2.05) is 13.8 Å². The Morgan fingerprint density at radius 2 is 1.85 bits per heavy atom. The summed E-state index contributed by atoms with van der Waals surface area (Å²) in [7, 11) is 0. The Kier molecular flexibility index (Phi) is 5.48. The van der Waals surface area contributed by atoms with Crippen LogP contribution >= 0.6 is 0 Å². The summed E-state index contributed by atoms with van der Waals surface area (Å²) in [5.74, 6) is 2.80. The first kappa shape index (κ1) is 15.8. The molecule has 2 unspecified atom stereocenters. The quantitative estimate of drug-likeness (QED) is 0.811. The molecule has 0 radical (unpaired) electrons. The Morgan fingerprint density at radius 3 is 2.40 bits per heavy atom. The van der Waals surface area contributed by atoms with Gasteiger partial charge < -0.3 is 10.2 Å². The lowest BCUT2D eigenvalue weighted by Gasteiger charge is -2.39. The number of piperidine rings is 1. The van der Waals surface area contributed by atoms with Crippen LogP contribution in [0.3, 0.4) is 0 Å². The smallest absolute Gasteiger partial charge is 0.225 e. The number of hydrogen-bond acceptors (Lipinski definition) is 2. The first-order chi connectivity index (χ1) is 9.45. The molecule has 20 heavy (non-hydrogen) atoms. The molecule has 2 atom stereocenters. The summed E-state index contributed by atoms with van der Waals surface area (Å²) in [6, 6.07) is 0.498. The molecule has 0 bridgehead atoms. The van der Waals surface area contributed by atoms with Crippen LogP contribution in [0.2, 0.25) is 0 Å². The molecule has 2 rings (SSSR count). The van der Waals surface area contributed by atoms with Crippen molar-refractivity contribution in [1.29, 1.82) is 0 Å². The zero-order valence-electron chi connectivity index (χ0n) is 13.7. The van der Waals surface area contributed by atoms with Crippen molar-refractivity contribution >= 4 is 5.91 Å². The van der Waals surface area contributed by atoms with Gasteiger partial charge in [0, 0.05) is 25.0 Å². The van der Waals surface area contributed by atoms with Gasteiger partial charge in [-0.3, -0.25) is 4.79 Å². The summed E-state index contributed by atoms with van der Waals surface area (Å²) in [4.78, 5) is 14.5. The molecule has 1 amide bonds. The summed E-state index contributed by atoms with van der Waals surface area (Å²) < 4.78 is 0. The van der Waals surface area contributed by atoms with Gasteiger partial charge in [-0.25, -0.2) is 0 Å². The Morgan fingerprint density at radius 1 is 1.15 bits per heavy atom. The van der Waals surface area contributed by atoms with Crippen molar-refractivity contribution in [1.82, 2.24) is 10.2 Å². The standard InChI is InChI=1S/C17H32N2O/c1-12(2)9-18-16-8-15(7-14-5-6-14)10-19(11-16)17(20)13(3)4/h12-16,18H,5-11H2,1-4H3. The zero-order valence-corrected chi connectivity index (χ0v) is 13.7. The highest BCUT2D eigenvalue weighted by Gasteiger charge is 2.34. The van der Waals surface area contributed by atoms with E-state index >= 15 is 0 Å². The highest BCUT2D eigenvalue weighted by atomic mass is 16.2. The maximum absolute atomic E-state index is 12.3. The van der Waals surface area contributed by atoms with E-state index in [-0.39, 0.29) is 5.92 Å². The Balaban J connectivity index is 1.91. The van der Waals surface area contributed by atoms with Crippen LogP contribution in [0.5, 0.6) is 0 Å². The number of nitrogens with zero attached hydrogens (tertiary/aromatic N) is 1. The molecule has 1 saturated heterocycles. The number of likely N-dealkylation sites (tertiary alicyclic amines) is 1. The van der Waals surface area contributed by atoms with E-state index in [0.29, 0.717) is 23.8 Å². The molecule has 3 heteroatoms. The van der Waals surface area contributed by atoms with Gasteiger partial charge in [-0.1, -0.05) is 40.5 Å². The van der Waals surface area contributed by atoms with Crippen LogP contribution in [-0.2, 0) is 4.79 Å². The van der Waals surface area contributed by atoms with Crippen LogP contribution in [0.4, 0.5) is 0 Å². The van der Waals surface area contributed by atoms with Crippen LogP contribution in [0, 0.1) is 23.7 Å². The van der Waals surface area contributed by atoms with E-state index < -0.39 is 0 Å². The number of rotatable bonds is 6. The second kappa shape index (κ2) is 6.93. The first-order valence-electron chi connectivity index (χ1n) is 8.47. The molecule has 1 aliphatic heterocycles. The molecule has 3 nitrogen and oxygen atoms in total. The van der Waals surface area contributed by atoms with Gasteiger partial charge >= 0.3 is 0 Å². The zero-order chi connectivity index (χ0) is 14.7. The van der Waals surface area contributed by atoms with Crippen molar-refractivity contribution in [3.05, 3.63) is 0 Å². The normalized spacial score (nSPS) is 27.4. The second-order valence-electron chi connectivity index (χ2n) is 7.68. The predicted octanol–water partition coefficient (Wildman–Crippen LogP) is 2.91. The van der Waals surface area contributed by atoms with Gasteiger partial charge in [-0.05, 0) is 37.1 Å². The van der Waals surface area contributed by atoms with Crippen LogP contribution in [0.25, 0.3) is 0 Å². The summed E-state index contributed by atoms with van der Waals surface area (Å²) in [5.41, 5.74) is 0. The minimum Gasteiger partial charge on any atom is -0.341 e. The maximum Gasteiger partial charge on any atom is 0.225 e. The lowest BCUT2D eigenvalue weighted by molar-refractivity contribution is -0.137. The molecule has 0 aromatic heterocycles. The predicted molar refractivity (Wildman–Crippen MR) is 83.5 cm³/mol. The topological polar surface area (TPSA) is 32.3 Å². The van der Waals surface area contributed by atoms with Crippen molar-refractivity contribution in [2.75, 3.05) is 19.6 Å². The number of nitrogens with one attached hydrogen (secondary N) is 1. The molecule has 0 spiro atoms. The van der Waals surface area contributed by atoms with Crippen LogP contribution in [0.15, 0.2) is 0 Å². The average molecular weight is 280 g/mol. The van der Waals surface area contributed by atoms with Gasteiger partial charge in [0.05, 0.1) is 0 Å². The van der Waals surface area contributed by atoms with Crippen molar-refractivity contribution in [3.8, 4) is 0 Å². The van der Waals surface area contributed by atoms with Crippen LogP contribution < -0.4 is 5.32 Å². The molecular formula is C17H32N2O. The van der Waals surface area contributed by atoms with Crippen molar-refractivity contribution in [2.24, 2.45) is 23.7 Å². The molecule has 2 aliphatic rings. The van der Waals surface area contributed by atoms with Crippen molar-refractivity contribution in [3.63, 3.8) is 0 Å². The van der Waals surface area contributed by atoms with Crippen LogP contribution in [-0.4, -0.2) is 36.5 Å². The van der Waals surface area contributed by atoms with Gasteiger partial charge in [-0.2, -0.15) is 0 Å². The molecule has 116 valence electrons. The highest BCUT2D eigenvalue weighted by molar-refractivity contribution is 5.78. The largest absolute Gasteiger partial charge is 0.341 e. The van der Waals surface area contributed by atoms with E-state index in [9.17, 15) is 4.79 Å². The number of amides is 1. The average Bonchev–Trinajstić information content (AvgIpc) is 3.19. The van der Waals surface area contributed by atoms with E-state index in [1.54, 1.807) is 0 Å². The third-order valence-corrected chi connectivity index (χ3v) is 4.52. The lowest BCUT2D eigenvalue weighted by Crippen LogP contribution is -2.52. The van der Waals surface area contributed by atoms with E-state index in [0.717, 1.165) is 25.6 Å². The minimum absolute atomic E-state index is 0.125. The Hall–Kier alpha value is -0.570. The monoisotopic (exact) mass is 280 g/mol. The Bertz CT molecular complexity index is 323. The fourth-order valence-electron chi connectivity index (χ4n) is 3.29. The van der Waals surface area contributed by atoms with Gasteiger partial charge in [-0.15, -0.1) is 0 Å². The highest BCUT2D eigenvalue weighted by Crippen LogP contribution is 2.38.